The molecule has 112 valence electrons. The summed E-state index contributed by atoms with van der Waals surface area (Å²) in [5.41, 5.74) is 2.17. The number of phenols is 1. The van der Waals surface area contributed by atoms with E-state index in [2.05, 4.69) is 11.1 Å². The number of aryl methyl sites for hydroxylation is 1. The lowest BCUT2D eigenvalue weighted by Crippen LogP contribution is -1.96. The van der Waals surface area contributed by atoms with Crippen LogP contribution in [0.3, 0.4) is 0 Å². The van der Waals surface area contributed by atoms with Crippen LogP contribution in [0.15, 0.2) is 48.8 Å². The predicted molar refractivity (Wildman–Crippen MR) is 84.2 cm³/mol. The molecule has 0 bridgehead atoms. The Labute approximate surface area is 126 Å². The third-order valence-corrected chi connectivity index (χ3v) is 3.48. The Hall–Kier alpha value is -1.87. The first-order valence-corrected chi connectivity index (χ1v) is 7.60. The molecule has 0 fully saturated rings. The van der Waals surface area contributed by atoms with E-state index in [-0.39, 0.29) is 0 Å². The van der Waals surface area contributed by atoms with Crippen molar-refractivity contribution in [3.05, 3.63) is 59.9 Å². The van der Waals surface area contributed by atoms with Gasteiger partial charge in [-0.1, -0.05) is 37.1 Å². The normalized spacial score (nSPS) is 10.7. The molecule has 3 heteroatoms. The molecular formula is C18H23NO2. The second kappa shape index (κ2) is 9.14. The molecule has 0 saturated carbocycles. The predicted octanol–water partition coefficient (Wildman–Crippen LogP) is 4.11. The van der Waals surface area contributed by atoms with Gasteiger partial charge in [0.15, 0.2) is 0 Å². The van der Waals surface area contributed by atoms with E-state index in [1.807, 2.05) is 36.7 Å². The highest BCUT2D eigenvalue weighted by atomic mass is 16.5. The molecule has 1 aromatic carbocycles. The van der Waals surface area contributed by atoms with Crippen molar-refractivity contribution in [3.8, 4) is 5.75 Å². The van der Waals surface area contributed by atoms with Crippen molar-refractivity contribution in [3.63, 3.8) is 0 Å². The monoisotopic (exact) mass is 285 g/mol. The van der Waals surface area contributed by atoms with Crippen LogP contribution in [0.5, 0.6) is 5.75 Å². The summed E-state index contributed by atoms with van der Waals surface area (Å²) in [7, 11) is 0. The zero-order valence-corrected chi connectivity index (χ0v) is 12.4. The summed E-state index contributed by atoms with van der Waals surface area (Å²) in [6.07, 6.45) is 9.52. The third kappa shape index (κ3) is 5.96. The van der Waals surface area contributed by atoms with Crippen LogP contribution in [-0.2, 0) is 17.8 Å². The van der Waals surface area contributed by atoms with Crippen LogP contribution in [0.2, 0.25) is 0 Å². The Kier molecular flexibility index (Phi) is 6.75. The lowest BCUT2D eigenvalue weighted by atomic mass is 10.1. The number of pyridine rings is 1. The molecule has 0 aliphatic rings. The average Bonchev–Trinajstić information content (AvgIpc) is 2.52. The maximum Gasteiger partial charge on any atom is 0.121 e. The molecule has 0 saturated heterocycles. The van der Waals surface area contributed by atoms with Gasteiger partial charge in [-0.15, -0.1) is 0 Å². The van der Waals surface area contributed by atoms with E-state index >= 15 is 0 Å². The van der Waals surface area contributed by atoms with Gasteiger partial charge in [-0.05, 0) is 37.0 Å². The number of benzene rings is 1. The van der Waals surface area contributed by atoms with E-state index in [0.29, 0.717) is 12.4 Å². The molecule has 21 heavy (non-hydrogen) atoms. The Morgan fingerprint density at radius 3 is 2.62 bits per heavy atom. The second-order valence-corrected chi connectivity index (χ2v) is 5.21. The molecule has 3 nitrogen and oxygen atoms in total. The highest BCUT2D eigenvalue weighted by molar-refractivity contribution is 5.30. The molecule has 0 spiro atoms. The van der Waals surface area contributed by atoms with Crippen molar-refractivity contribution in [1.29, 1.82) is 0 Å². The Morgan fingerprint density at radius 1 is 0.952 bits per heavy atom. The van der Waals surface area contributed by atoms with Gasteiger partial charge in [0.1, 0.15) is 5.75 Å². The van der Waals surface area contributed by atoms with Crippen molar-refractivity contribution in [2.24, 2.45) is 0 Å². The fourth-order valence-electron chi connectivity index (χ4n) is 2.25. The number of phenolic OH excluding ortho intramolecular Hbond substituents is 1. The molecule has 0 atom stereocenters. The van der Waals surface area contributed by atoms with Crippen LogP contribution >= 0.6 is 0 Å². The molecular weight excluding hydrogens is 262 g/mol. The van der Waals surface area contributed by atoms with Crippen molar-refractivity contribution in [2.45, 2.75) is 38.7 Å². The number of ether oxygens (including phenoxy) is 1. The van der Waals surface area contributed by atoms with Gasteiger partial charge in [0, 0.05) is 24.6 Å². The lowest BCUT2D eigenvalue weighted by Gasteiger charge is -2.06. The summed E-state index contributed by atoms with van der Waals surface area (Å²) in [4.78, 5) is 4.12. The van der Waals surface area contributed by atoms with E-state index in [1.165, 1.54) is 24.8 Å². The van der Waals surface area contributed by atoms with Crippen molar-refractivity contribution in [1.82, 2.24) is 4.98 Å². The van der Waals surface area contributed by atoms with E-state index in [0.717, 1.165) is 25.0 Å². The molecule has 1 heterocycles. The van der Waals surface area contributed by atoms with Crippen LogP contribution in [0, 0.1) is 0 Å². The highest BCUT2D eigenvalue weighted by Crippen LogP contribution is 2.16. The fraction of sp³-hybridized carbons (Fsp3) is 0.389. The first-order chi connectivity index (χ1) is 10.4. The maximum atomic E-state index is 9.61. The molecule has 1 N–H and O–H groups in total. The van der Waals surface area contributed by atoms with Crippen molar-refractivity contribution >= 4 is 0 Å². The second-order valence-electron chi connectivity index (χ2n) is 5.21. The number of rotatable bonds is 9. The SMILES string of the molecule is Oc1ccccc1COCCCCCCc1cccnc1. The number of aromatic nitrogens is 1. The Bertz CT molecular complexity index is 514. The number of aromatic hydroxyl groups is 1. The van der Waals surface area contributed by atoms with Gasteiger partial charge >= 0.3 is 0 Å². The van der Waals surface area contributed by atoms with Crippen LogP contribution < -0.4 is 0 Å². The summed E-state index contributed by atoms with van der Waals surface area (Å²) in [6, 6.07) is 11.4. The summed E-state index contributed by atoms with van der Waals surface area (Å²) < 4.78 is 5.60. The van der Waals surface area contributed by atoms with Crippen molar-refractivity contribution in [2.75, 3.05) is 6.61 Å². The number of para-hydroxylation sites is 1. The van der Waals surface area contributed by atoms with Crippen molar-refractivity contribution < 1.29 is 9.84 Å². The quantitative estimate of drug-likeness (QED) is 0.705. The molecule has 2 rings (SSSR count). The molecule has 0 amide bonds. The van der Waals surface area contributed by atoms with Crippen LogP contribution in [0.4, 0.5) is 0 Å². The Balaban J connectivity index is 1.48. The van der Waals surface area contributed by atoms with Crippen LogP contribution in [-0.4, -0.2) is 16.7 Å². The molecule has 0 radical (unpaired) electrons. The molecule has 0 unspecified atom stereocenters. The minimum Gasteiger partial charge on any atom is -0.508 e. The number of nitrogens with zero attached hydrogens (tertiary/aromatic N) is 1. The summed E-state index contributed by atoms with van der Waals surface area (Å²) in [5, 5.41) is 9.61. The molecule has 1 aromatic heterocycles. The lowest BCUT2D eigenvalue weighted by molar-refractivity contribution is 0.115. The Morgan fingerprint density at radius 2 is 1.81 bits per heavy atom. The van der Waals surface area contributed by atoms with Gasteiger partial charge in [0.25, 0.3) is 0 Å². The van der Waals surface area contributed by atoms with Gasteiger partial charge < -0.3 is 9.84 Å². The fourth-order valence-corrected chi connectivity index (χ4v) is 2.25. The topological polar surface area (TPSA) is 42.4 Å². The van der Waals surface area contributed by atoms with E-state index in [9.17, 15) is 5.11 Å². The minimum absolute atomic E-state index is 0.314. The van der Waals surface area contributed by atoms with Gasteiger partial charge in [-0.3, -0.25) is 4.98 Å². The molecule has 0 aliphatic heterocycles. The number of unbranched alkanes of at least 4 members (excludes halogenated alkanes) is 3. The standard InChI is InChI=1S/C18H23NO2/c20-18-11-5-4-10-17(18)15-21-13-6-2-1-3-8-16-9-7-12-19-14-16/h4-5,7,9-12,14,20H,1-3,6,8,13,15H2. The van der Waals surface area contributed by atoms with Gasteiger partial charge in [-0.25, -0.2) is 0 Å². The van der Waals surface area contributed by atoms with Gasteiger partial charge in [0.05, 0.1) is 6.61 Å². The van der Waals surface area contributed by atoms with E-state index in [1.54, 1.807) is 6.07 Å². The summed E-state index contributed by atoms with van der Waals surface area (Å²) in [6.45, 7) is 1.24. The first kappa shape index (κ1) is 15.5. The number of hydrogen-bond acceptors (Lipinski definition) is 3. The largest absolute Gasteiger partial charge is 0.508 e. The van der Waals surface area contributed by atoms with Gasteiger partial charge in [-0.2, -0.15) is 0 Å². The third-order valence-electron chi connectivity index (χ3n) is 3.48. The van der Waals surface area contributed by atoms with Gasteiger partial charge in [0.2, 0.25) is 0 Å². The van der Waals surface area contributed by atoms with E-state index in [4.69, 9.17) is 4.74 Å². The smallest absolute Gasteiger partial charge is 0.121 e. The number of hydrogen-bond donors (Lipinski definition) is 1. The first-order valence-electron chi connectivity index (χ1n) is 7.60. The van der Waals surface area contributed by atoms with E-state index < -0.39 is 0 Å². The average molecular weight is 285 g/mol. The maximum absolute atomic E-state index is 9.61. The molecule has 0 aliphatic carbocycles. The summed E-state index contributed by atoms with van der Waals surface area (Å²) in [5.74, 6) is 0.314. The minimum atomic E-state index is 0.314. The highest BCUT2D eigenvalue weighted by Gasteiger charge is 1.99. The van der Waals surface area contributed by atoms with Crippen LogP contribution in [0.1, 0.15) is 36.8 Å². The zero-order valence-electron chi connectivity index (χ0n) is 12.4. The zero-order chi connectivity index (χ0) is 14.8. The molecule has 2 aromatic rings. The summed E-state index contributed by atoms with van der Waals surface area (Å²) >= 11 is 0. The van der Waals surface area contributed by atoms with Crippen LogP contribution in [0.25, 0.3) is 0 Å².